The number of hydrogen-bond donors (Lipinski definition) is 1. The Morgan fingerprint density at radius 1 is 1.04 bits per heavy atom. The fourth-order valence-corrected chi connectivity index (χ4v) is 3.47. The van der Waals surface area contributed by atoms with Gasteiger partial charge in [0.05, 0.1) is 13.2 Å². The van der Waals surface area contributed by atoms with Gasteiger partial charge in [0.25, 0.3) is 5.91 Å². The van der Waals surface area contributed by atoms with E-state index >= 15 is 0 Å². The van der Waals surface area contributed by atoms with E-state index in [4.69, 9.17) is 9.47 Å². The van der Waals surface area contributed by atoms with Gasteiger partial charge in [-0.15, -0.1) is 0 Å². The van der Waals surface area contributed by atoms with Gasteiger partial charge in [-0.25, -0.2) is 0 Å². The van der Waals surface area contributed by atoms with E-state index in [1.54, 1.807) is 14.0 Å². The molecule has 1 aliphatic carbocycles. The molecule has 0 fully saturated rings. The molecule has 0 spiro atoms. The molecule has 4 heteroatoms. The molecule has 2 aromatic carbocycles. The smallest absolute Gasteiger partial charge is 0.261 e. The van der Waals surface area contributed by atoms with Crippen LogP contribution >= 0.6 is 0 Å². The number of aryl methyl sites for hydroxylation is 2. The second-order valence-corrected chi connectivity index (χ2v) is 6.87. The van der Waals surface area contributed by atoms with Crippen molar-refractivity contribution >= 4 is 5.91 Å². The highest BCUT2D eigenvalue weighted by Crippen LogP contribution is 2.27. The Labute approximate surface area is 155 Å². The summed E-state index contributed by atoms with van der Waals surface area (Å²) in [7, 11) is 1.63. The van der Waals surface area contributed by atoms with Crippen molar-refractivity contribution in [3.8, 4) is 11.5 Å². The summed E-state index contributed by atoms with van der Waals surface area (Å²) in [6.45, 7) is 3.73. The molecule has 2 aromatic rings. The van der Waals surface area contributed by atoms with E-state index in [2.05, 4.69) is 17.4 Å². The lowest BCUT2D eigenvalue weighted by atomic mass is 9.92. The first-order chi connectivity index (χ1) is 12.6. The summed E-state index contributed by atoms with van der Waals surface area (Å²) in [5.74, 6) is 1.39. The third-order valence-corrected chi connectivity index (χ3v) is 4.97. The summed E-state index contributed by atoms with van der Waals surface area (Å²) in [6.07, 6.45) is 4.16. The Balaban J connectivity index is 1.62. The van der Waals surface area contributed by atoms with E-state index in [1.807, 2.05) is 37.3 Å². The van der Waals surface area contributed by atoms with Gasteiger partial charge in [-0.2, -0.15) is 0 Å². The average molecular weight is 353 g/mol. The molecule has 1 amide bonds. The number of ether oxygens (including phenoxy) is 2. The maximum atomic E-state index is 12.5. The SMILES string of the molecule is COc1ccccc1[C@H](C)NC(=O)[C@@H](C)Oc1ccc2c(c1)CCCC2. The third-order valence-electron chi connectivity index (χ3n) is 4.97. The summed E-state index contributed by atoms with van der Waals surface area (Å²) in [5.41, 5.74) is 3.71. The third kappa shape index (κ3) is 4.18. The second-order valence-electron chi connectivity index (χ2n) is 6.87. The average Bonchev–Trinajstić information content (AvgIpc) is 2.67. The summed E-state index contributed by atoms with van der Waals surface area (Å²) in [5, 5.41) is 3.01. The van der Waals surface area contributed by atoms with Crippen LogP contribution in [0.25, 0.3) is 0 Å². The molecule has 1 N–H and O–H groups in total. The lowest BCUT2D eigenvalue weighted by Crippen LogP contribution is -2.37. The van der Waals surface area contributed by atoms with Crippen molar-refractivity contribution in [2.75, 3.05) is 7.11 Å². The minimum atomic E-state index is -0.561. The van der Waals surface area contributed by atoms with E-state index in [0.717, 1.165) is 29.9 Å². The van der Waals surface area contributed by atoms with Crippen LogP contribution in [-0.2, 0) is 17.6 Å². The van der Waals surface area contributed by atoms with Crippen molar-refractivity contribution in [3.63, 3.8) is 0 Å². The Kier molecular flexibility index (Phi) is 5.82. The monoisotopic (exact) mass is 353 g/mol. The standard InChI is InChI=1S/C22H27NO3/c1-15(20-10-6-7-11-21(20)25-3)23-22(24)16(2)26-19-13-12-17-8-4-5-9-18(17)14-19/h6-7,10-16H,4-5,8-9H2,1-3H3,(H,23,24)/t15-,16+/m0/s1. The van der Waals surface area contributed by atoms with Crippen molar-refractivity contribution in [1.82, 2.24) is 5.32 Å². The highest BCUT2D eigenvalue weighted by molar-refractivity contribution is 5.81. The van der Waals surface area contributed by atoms with Crippen LogP contribution in [0.15, 0.2) is 42.5 Å². The first kappa shape index (κ1) is 18.3. The predicted octanol–water partition coefficient (Wildman–Crippen LogP) is 4.22. The molecular formula is C22H27NO3. The number of carbonyl (C=O) groups excluding carboxylic acids is 1. The number of benzene rings is 2. The van der Waals surface area contributed by atoms with Crippen LogP contribution in [0.5, 0.6) is 11.5 Å². The van der Waals surface area contributed by atoms with Gasteiger partial charge in [0, 0.05) is 5.56 Å². The fraction of sp³-hybridized carbons (Fsp3) is 0.409. The predicted molar refractivity (Wildman–Crippen MR) is 103 cm³/mol. The van der Waals surface area contributed by atoms with Crippen molar-refractivity contribution in [2.45, 2.75) is 51.7 Å². The molecule has 0 bridgehead atoms. The summed E-state index contributed by atoms with van der Waals surface area (Å²) in [4.78, 5) is 12.5. The molecule has 0 saturated carbocycles. The Hall–Kier alpha value is -2.49. The zero-order valence-electron chi connectivity index (χ0n) is 15.7. The van der Waals surface area contributed by atoms with Gasteiger partial charge in [-0.3, -0.25) is 4.79 Å². The highest BCUT2D eigenvalue weighted by atomic mass is 16.5. The number of methoxy groups -OCH3 is 1. The van der Waals surface area contributed by atoms with Gasteiger partial charge in [-0.05, 0) is 68.9 Å². The normalized spacial score (nSPS) is 15.5. The van der Waals surface area contributed by atoms with E-state index in [9.17, 15) is 4.79 Å². The van der Waals surface area contributed by atoms with Crippen LogP contribution in [0, 0.1) is 0 Å². The van der Waals surface area contributed by atoms with Gasteiger partial charge in [-0.1, -0.05) is 24.3 Å². The topological polar surface area (TPSA) is 47.6 Å². The number of carbonyl (C=O) groups is 1. The van der Waals surface area contributed by atoms with Crippen molar-refractivity contribution in [1.29, 1.82) is 0 Å². The number of nitrogens with one attached hydrogen (secondary N) is 1. The number of para-hydroxylation sites is 1. The minimum absolute atomic E-state index is 0.138. The van der Waals surface area contributed by atoms with Crippen LogP contribution in [0.4, 0.5) is 0 Å². The van der Waals surface area contributed by atoms with E-state index in [0.29, 0.717) is 0 Å². The molecule has 138 valence electrons. The number of hydrogen-bond acceptors (Lipinski definition) is 3. The zero-order chi connectivity index (χ0) is 18.5. The van der Waals surface area contributed by atoms with E-state index < -0.39 is 6.10 Å². The molecule has 26 heavy (non-hydrogen) atoms. The molecule has 0 heterocycles. The molecule has 0 saturated heterocycles. The van der Waals surface area contributed by atoms with Gasteiger partial charge < -0.3 is 14.8 Å². The van der Waals surface area contributed by atoms with Crippen LogP contribution in [-0.4, -0.2) is 19.1 Å². The van der Waals surface area contributed by atoms with Gasteiger partial charge in [0.15, 0.2) is 6.10 Å². The molecule has 0 radical (unpaired) electrons. The molecular weight excluding hydrogens is 326 g/mol. The lowest BCUT2D eigenvalue weighted by molar-refractivity contribution is -0.127. The van der Waals surface area contributed by atoms with Crippen molar-refractivity contribution in [3.05, 3.63) is 59.2 Å². The van der Waals surface area contributed by atoms with Crippen LogP contribution in [0.2, 0.25) is 0 Å². The molecule has 4 nitrogen and oxygen atoms in total. The maximum absolute atomic E-state index is 12.5. The van der Waals surface area contributed by atoms with Gasteiger partial charge in [0.1, 0.15) is 11.5 Å². The Morgan fingerprint density at radius 3 is 2.54 bits per heavy atom. The molecule has 0 aliphatic heterocycles. The zero-order valence-corrected chi connectivity index (χ0v) is 15.7. The summed E-state index contributed by atoms with van der Waals surface area (Å²) in [6, 6.07) is 13.7. The first-order valence-corrected chi connectivity index (χ1v) is 9.30. The Bertz CT molecular complexity index is 772. The highest BCUT2D eigenvalue weighted by Gasteiger charge is 2.20. The molecule has 3 rings (SSSR count). The molecule has 0 aromatic heterocycles. The van der Waals surface area contributed by atoms with Crippen LogP contribution < -0.4 is 14.8 Å². The van der Waals surface area contributed by atoms with Crippen LogP contribution in [0.1, 0.15) is 49.4 Å². The van der Waals surface area contributed by atoms with Crippen LogP contribution in [0.3, 0.4) is 0 Å². The first-order valence-electron chi connectivity index (χ1n) is 9.30. The van der Waals surface area contributed by atoms with E-state index in [-0.39, 0.29) is 11.9 Å². The van der Waals surface area contributed by atoms with Crippen molar-refractivity contribution in [2.24, 2.45) is 0 Å². The summed E-state index contributed by atoms with van der Waals surface area (Å²) < 4.78 is 11.3. The molecule has 1 aliphatic rings. The lowest BCUT2D eigenvalue weighted by Gasteiger charge is -2.21. The quantitative estimate of drug-likeness (QED) is 0.846. The maximum Gasteiger partial charge on any atom is 0.261 e. The van der Waals surface area contributed by atoms with E-state index in [1.165, 1.54) is 24.0 Å². The Morgan fingerprint density at radius 2 is 1.77 bits per heavy atom. The number of amides is 1. The number of rotatable bonds is 6. The van der Waals surface area contributed by atoms with Gasteiger partial charge in [0.2, 0.25) is 0 Å². The fourth-order valence-electron chi connectivity index (χ4n) is 3.47. The minimum Gasteiger partial charge on any atom is -0.496 e. The largest absolute Gasteiger partial charge is 0.496 e. The van der Waals surface area contributed by atoms with Gasteiger partial charge >= 0.3 is 0 Å². The second kappa shape index (κ2) is 8.26. The molecule has 0 unspecified atom stereocenters. The summed E-state index contributed by atoms with van der Waals surface area (Å²) >= 11 is 0. The number of fused-ring (bicyclic) bond motifs is 1. The molecule has 2 atom stereocenters. The van der Waals surface area contributed by atoms with Crippen molar-refractivity contribution < 1.29 is 14.3 Å².